The Morgan fingerprint density at radius 3 is 2.48 bits per heavy atom. The Bertz CT molecular complexity index is 788. The molecular formula is C22H29N3O4. The smallest absolute Gasteiger partial charge is 0.409 e. The van der Waals surface area contributed by atoms with Crippen LogP contribution < -0.4 is 5.32 Å². The van der Waals surface area contributed by atoms with E-state index < -0.39 is 0 Å². The number of amides is 3. The molecule has 7 nitrogen and oxygen atoms in total. The van der Waals surface area contributed by atoms with Gasteiger partial charge in [-0.05, 0) is 43.7 Å². The van der Waals surface area contributed by atoms with Crippen molar-refractivity contribution in [3.8, 4) is 0 Å². The minimum Gasteiger partial charge on any atom is -0.450 e. The summed E-state index contributed by atoms with van der Waals surface area (Å²) in [5.74, 6) is -0.297. The predicted molar refractivity (Wildman–Crippen MR) is 107 cm³/mol. The van der Waals surface area contributed by atoms with E-state index in [0.29, 0.717) is 32.7 Å². The van der Waals surface area contributed by atoms with Crippen LogP contribution in [0.2, 0.25) is 0 Å². The SMILES string of the molecule is CCOC(=O)N1CCC(NC(=O)C2CC2C(=O)N2CCc3ccccc3C2)CC1. The summed E-state index contributed by atoms with van der Waals surface area (Å²) in [5.41, 5.74) is 2.53. The van der Waals surface area contributed by atoms with Crippen LogP contribution in [0.3, 0.4) is 0 Å². The van der Waals surface area contributed by atoms with Gasteiger partial charge in [-0.3, -0.25) is 9.59 Å². The molecule has 2 atom stereocenters. The first-order chi connectivity index (χ1) is 14.1. The first kappa shape index (κ1) is 19.7. The molecule has 3 amide bonds. The van der Waals surface area contributed by atoms with Crippen LogP contribution in [0, 0.1) is 11.8 Å². The van der Waals surface area contributed by atoms with Crippen LogP contribution in [0.5, 0.6) is 0 Å². The lowest BCUT2D eigenvalue weighted by Crippen LogP contribution is -2.47. The van der Waals surface area contributed by atoms with Gasteiger partial charge in [0.05, 0.1) is 18.4 Å². The summed E-state index contributed by atoms with van der Waals surface area (Å²) in [6, 6.07) is 8.31. The summed E-state index contributed by atoms with van der Waals surface area (Å²) in [4.78, 5) is 40.8. The van der Waals surface area contributed by atoms with Gasteiger partial charge in [-0.25, -0.2) is 4.79 Å². The highest BCUT2D eigenvalue weighted by molar-refractivity contribution is 5.92. The van der Waals surface area contributed by atoms with Gasteiger partial charge in [0.25, 0.3) is 0 Å². The molecule has 2 aliphatic heterocycles. The van der Waals surface area contributed by atoms with Crippen molar-refractivity contribution in [3.63, 3.8) is 0 Å². The minimum atomic E-state index is -0.284. The largest absolute Gasteiger partial charge is 0.450 e. The summed E-state index contributed by atoms with van der Waals surface area (Å²) in [6.45, 7) is 4.71. The second kappa shape index (κ2) is 8.43. The third-order valence-electron chi connectivity index (χ3n) is 6.25. The second-order valence-corrected chi connectivity index (χ2v) is 8.20. The average Bonchev–Trinajstić information content (AvgIpc) is 3.54. The molecule has 1 saturated heterocycles. The Morgan fingerprint density at radius 1 is 1.03 bits per heavy atom. The lowest BCUT2D eigenvalue weighted by molar-refractivity contribution is -0.135. The number of nitrogens with one attached hydrogen (secondary N) is 1. The average molecular weight is 399 g/mol. The highest BCUT2D eigenvalue weighted by atomic mass is 16.6. The van der Waals surface area contributed by atoms with E-state index in [0.717, 1.165) is 25.8 Å². The topological polar surface area (TPSA) is 79.0 Å². The predicted octanol–water partition coefficient (Wildman–Crippen LogP) is 1.94. The van der Waals surface area contributed by atoms with Crippen molar-refractivity contribution >= 4 is 17.9 Å². The fraction of sp³-hybridized carbons (Fsp3) is 0.591. The zero-order valence-electron chi connectivity index (χ0n) is 16.9. The Kier molecular flexibility index (Phi) is 5.74. The van der Waals surface area contributed by atoms with Crippen LogP contribution >= 0.6 is 0 Å². The van der Waals surface area contributed by atoms with Crippen LogP contribution in [-0.4, -0.2) is 60.0 Å². The molecule has 0 bridgehead atoms. The van der Waals surface area contributed by atoms with E-state index in [4.69, 9.17) is 4.74 Å². The first-order valence-corrected chi connectivity index (χ1v) is 10.6. The van der Waals surface area contributed by atoms with Crippen LogP contribution in [0.25, 0.3) is 0 Å². The normalized spacial score (nSPS) is 23.9. The Hall–Kier alpha value is -2.57. The lowest BCUT2D eigenvalue weighted by atomic mass is 9.99. The van der Waals surface area contributed by atoms with Crippen molar-refractivity contribution in [3.05, 3.63) is 35.4 Å². The van der Waals surface area contributed by atoms with Gasteiger partial charge in [0.2, 0.25) is 11.8 Å². The molecule has 2 unspecified atom stereocenters. The fourth-order valence-corrected chi connectivity index (χ4v) is 4.41. The molecule has 1 aliphatic carbocycles. The maximum Gasteiger partial charge on any atom is 0.409 e. The summed E-state index contributed by atoms with van der Waals surface area (Å²) in [6.07, 6.45) is 2.68. The summed E-state index contributed by atoms with van der Waals surface area (Å²) in [5, 5.41) is 3.09. The summed E-state index contributed by atoms with van der Waals surface area (Å²) >= 11 is 0. The van der Waals surface area contributed by atoms with Gasteiger partial charge >= 0.3 is 6.09 Å². The molecule has 1 aromatic rings. The van der Waals surface area contributed by atoms with Gasteiger partial charge in [-0.2, -0.15) is 0 Å². The van der Waals surface area contributed by atoms with E-state index in [-0.39, 0.29) is 35.8 Å². The van der Waals surface area contributed by atoms with Crippen molar-refractivity contribution in [2.24, 2.45) is 11.8 Å². The molecule has 156 valence electrons. The quantitative estimate of drug-likeness (QED) is 0.839. The van der Waals surface area contributed by atoms with E-state index in [9.17, 15) is 14.4 Å². The van der Waals surface area contributed by atoms with Gasteiger partial charge in [-0.1, -0.05) is 24.3 Å². The van der Waals surface area contributed by atoms with E-state index in [1.165, 1.54) is 11.1 Å². The molecule has 1 aromatic carbocycles. The van der Waals surface area contributed by atoms with Crippen molar-refractivity contribution in [2.75, 3.05) is 26.2 Å². The first-order valence-electron chi connectivity index (χ1n) is 10.6. The third kappa shape index (κ3) is 4.38. The highest BCUT2D eigenvalue weighted by Crippen LogP contribution is 2.41. The molecule has 3 aliphatic rings. The zero-order valence-corrected chi connectivity index (χ0v) is 16.9. The van der Waals surface area contributed by atoms with Crippen LogP contribution in [0.4, 0.5) is 4.79 Å². The molecule has 1 saturated carbocycles. The molecule has 4 rings (SSSR count). The molecule has 0 spiro atoms. The van der Waals surface area contributed by atoms with Crippen LogP contribution in [0.1, 0.15) is 37.3 Å². The number of nitrogens with zero attached hydrogens (tertiary/aromatic N) is 2. The number of carbonyl (C=O) groups excluding carboxylic acids is 3. The van der Waals surface area contributed by atoms with Gasteiger partial charge in [-0.15, -0.1) is 0 Å². The molecule has 0 radical (unpaired) electrons. The fourth-order valence-electron chi connectivity index (χ4n) is 4.41. The van der Waals surface area contributed by atoms with Gasteiger partial charge in [0, 0.05) is 32.2 Å². The van der Waals surface area contributed by atoms with Crippen LogP contribution in [-0.2, 0) is 27.3 Å². The maximum atomic E-state index is 12.8. The van der Waals surface area contributed by atoms with Gasteiger partial charge < -0.3 is 19.9 Å². The molecule has 2 fully saturated rings. The Morgan fingerprint density at radius 2 is 1.76 bits per heavy atom. The number of hydrogen-bond acceptors (Lipinski definition) is 4. The number of ether oxygens (including phenoxy) is 1. The lowest BCUT2D eigenvalue weighted by Gasteiger charge is -2.31. The van der Waals surface area contributed by atoms with E-state index in [1.54, 1.807) is 11.8 Å². The van der Waals surface area contributed by atoms with Crippen LogP contribution in [0.15, 0.2) is 24.3 Å². The van der Waals surface area contributed by atoms with Crippen molar-refractivity contribution < 1.29 is 19.1 Å². The molecule has 2 heterocycles. The van der Waals surface area contributed by atoms with Crippen molar-refractivity contribution in [1.29, 1.82) is 0 Å². The second-order valence-electron chi connectivity index (χ2n) is 8.20. The Balaban J connectivity index is 1.23. The number of hydrogen-bond donors (Lipinski definition) is 1. The number of piperidine rings is 1. The zero-order chi connectivity index (χ0) is 20.4. The standard InChI is InChI=1S/C22H29N3O4/c1-2-29-22(28)24-11-8-17(9-12-24)23-20(26)18-13-19(18)21(27)25-10-7-15-5-3-4-6-16(15)14-25/h3-6,17-19H,2,7-14H2,1H3,(H,23,26). The number of likely N-dealkylation sites (tertiary alicyclic amines) is 1. The van der Waals surface area contributed by atoms with Crippen molar-refractivity contribution in [2.45, 2.75) is 45.2 Å². The number of fused-ring (bicyclic) bond motifs is 1. The van der Waals surface area contributed by atoms with E-state index in [1.807, 2.05) is 17.0 Å². The summed E-state index contributed by atoms with van der Waals surface area (Å²) < 4.78 is 5.02. The highest BCUT2D eigenvalue weighted by Gasteiger charge is 2.50. The maximum absolute atomic E-state index is 12.8. The van der Waals surface area contributed by atoms with E-state index in [2.05, 4.69) is 17.4 Å². The summed E-state index contributed by atoms with van der Waals surface area (Å²) in [7, 11) is 0. The van der Waals surface area contributed by atoms with Gasteiger partial charge in [0.15, 0.2) is 0 Å². The third-order valence-corrected chi connectivity index (χ3v) is 6.25. The monoisotopic (exact) mass is 399 g/mol. The van der Waals surface area contributed by atoms with E-state index >= 15 is 0 Å². The molecule has 0 aromatic heterocycles. The Labute approximate surface area is 171 Å². The number of carbonyl (C=O) groups is 3. The van der Waals surface area contributed by atoms with Gasteiger partial charge in [0.1, 0.15) is 0 Å². The minimum absolute atomic E-state index is 0.0182. The number of benzene rings is 1. The molecule has 29 heavy (non-hydrogen) atoms. The van der Waals surface area contributed by atoms with Crippen molar-refractivity contribution in [1.82, 2.24) is 15.1 Å². The molecular weight excluding hydrogens is 370 g/mol. The molecule has 1 N–H and O–H groups in total. The molecule has 7 heteroatoms. The number of rotatable bonds is 4.